The van der Waals surface area contributed by atoms with Crippen molar-refractivity contribution < 1.29 is 0 Å². The standard InChI is InChI=1S/C13H23N/c1-4-5-6-8-13(11-12(2)3)9-7-10-14-13/h12,14H,6-11H2,1-3H3. The summed E-state index contributed by atoms with van der Waals surface area (Å²) in [7, 11) is 0. The molecule has 0 radical (unpaired) electrons. The molecule has 1 unspecified atom stereocenters. The van der Waals surface area contributed by atoms with Crippen molar-refractivity contribution in [2.24, 2.45) is 5.92 Å². The van der Waals surface area contributed by atoms with E-state index in [0.29, 0.717) is 5.54 Å². The third kappa shape index (κ3) is 3.35. The van der Waals surface area contributed by atoms with Gasteiger partial charge in [0, 0.05) is 12.0 Å². The molecule has 0 aliphatic carbocycles. The molecule has 1 heteroatoms. The van der Waals surface area contributed by atoms with Gasteiger partial charge >= 0.3 is 0 Å². The molecule has 1 rings (SSSR count). The molecule has 0 aromatic heterocycles. The van der Waals surface area contributed by atoms with Crippen molar-refractivity contribution in [1.82, 2.24) is 5.32 Å². The highest BCUT2D eigenvalue weighted by Gasteiger charge is 2.32. The maximum atomic E-state index is 3.69. The fraction of sp³-hybridized carbons (Fsp3) is 0.846. The summed E-state index contributed by atoms with van der Waals surface area (Å²) in [5.74, 6) is 6.95. The molecule has 0 spiro atoms. The zero-order chi connectivity index (χ0) is 10.4. The van der Waals surface area contributed by atoms with E-state index in [9.17, 15) is 0 Å². The highest BCUT2D eigenvalue weighted by Crippen LogP contribution is 2.30. The second-order valence-corrected chi connectivity index (χ2v) is 4.84. The Morgan fingerprint density at radius 3 is 2.71 bits per heavy atom. The van der Waals surface area contributed by atoms with E-state index in [0.717, 1.165) is 12.3 Å². The minimum Gasteiger partial charge on any atom is -0.311 e. The Labute approximate surface area is 88.7 Å². The molecule has 14 heavy (non-hydrogen) atoms. The molecule has 0 bridgehead atoms. The summed E-state index contributed by atoms with van der Waals surface area (Å²) in [6.45, 7) is 7.75. The predicted octanol–water partition coefficient (Wildman–Crippen LogP) is 2.96. The second-order valence-electron chi connectivity index (χ2n) is 4.84. The molecule has 1 N–H and O–H groups in total. The minimum atomic E-state index is 0.415. The van der Waals surface area contributed by atoms with Crippen molar-refractivity contribution in [2.75, 3.05) is 6.54 Å². The van der Waals surface area contributed by atoms with E-state index in [-0.39, 0.29) is 0 Å². The van der Waals surface area contributed by atoms with E-state index >= 15 is 0 Å². The van der Waals surface area contributed by atoms with Gasteiger partial charge in [0.2, 0.25) is 0 Å². The van der Waals surface area contributed by atoms with E-state index in [1.54, 1.807) is 0 Å². The van der Waals surface area contributed by atoms with Gasteiger partial charge in [0.15, 0.2) is 0 Å². The molecule has 1 heterocycles. The fourth-order valence-corrected chi connectivity index (χ4v) is 2.57. The van der Waals surface area contributed by atoms with Crippen LogP contribution in [0.15, 0.2) is 0 Å². The Morgan fingerprint density at radius 2 is 2.21 bits per heavy atom. The molecule has 1 aliphatic rings. The van der Waals surface area contributed by atoms with Crippen LogP contribution in [0.2, 0.25) is 0 Å². The molecule has 1 atom stereocenters. The Morgan fingerprint density at radius 1 is 1.43 bits per heavy atom. The first-order valence-corrected chi connectivity index (χ1v) is 5.83. The number of hydrogen-bond donors (Lipinski definition) is 1. The number of hydrogen-bond acceptors (Lipinski definition) is 1. The molecule has 0 amide bonds. The zero-order valence-electron chi connectivity index (χ0n) is 9.82. The molecule has 1 nitrogen and oxygen atoms in total. The van der Waals surface area contributed by atoms with Crippen LogP contribution in [0, 0.1) is 17.8 Å². The maximum Gasteiger partial charge on any atom is 0.0193 e. The van der Waals surface area contributed by atoms with E-state index < -0.39 is 0 Å². The van der Waals surface area contributed by atoms with E-state index in [1.807, 2.05) is 6.92 Å². The lowest BCUT2D eigenvalue weighted by atomic mass is 9.83. The monoisotopic (exact) mass is 193 g/mol. The van der Waals surface area contributed by atoms with Crippen LogP contribution in [-0.4, -0.2) is 12.1 Å². The summed E-state index contributed by atoms with van der Waals surface area (Å²) in [6, 6.07) is 0. The summed E-state index contributed by atoms with van der Waals surface area (Å²) in [5, 5.41) is 3.69. The van der Waals surface area contributed by atoms with Gasteiger partial charge in [0.05, 0.1) is 0 Å². The summed E-state index contributed by atoms with van der Waals surface area (Å²) < 4.78 is 0. The highest BCUT2D eigenvalue weighted by atomic mass is 15.0. The maximum absolute atomic E-state index is 3.69. The first-order valence-electron chi connectivity index (χ1n) is 5.83. The van der Waals surface area contributed by atoms with Gasteiger partial charge in [-0.15, -0.1) is 11.8 Å². The predicted molar refractivity (Wildman–Crippen MR) is 62.1 cm³/mol. The molecular formula is C13H23N. The summed E-state index contributed by atoms with van der Waals surface area (Å²) in [5.41, 5.74) is 0.415. The summed E-state index contributed by atoms with van der Waals surface area (Å²) in [6.07, 6.45) is 6.27. The fourth-order valence-electron chi connectivity index (χ4n) is 2.57. The van der Waals surface area contributed by atoms with Gasteiger partial charge in [0.1, 0.15) is 0 Å². The minimum absolute atomic E-state index is 0.415. The Bertz CT molecular complexity index is 213. The van der Waals surface area contributed by atoms with Gasteiger partial charge in [-0.25, -0.2) is 0 Å². The number of rotatable bonds is 4. The van der Waals surface area contributed by atoms with Crippen LogP contribution in [0.25, 0.3) is 0 Å². The zero-order valence-corrected chi connectivity index (χ0v) is 9.82. The van der Waals surface area contributed by atoms with Crippen molar-refractivity contribution in [3.8, 4) is 11.8 Å². The third-order valence-corrected chi connectivity index (χ3v) is 3.04. The average molecular weight is 193 g/mol. The molecular weight excluding hydrogens is 170 g/mol. The van der Waals surface area contributed by atoms with Crippen LogP contribution < -0.4 is 5.32 Å². The lowest BCUT2D eigenvalue weighted by Gasteiger charge is -2.31. The molecule has 1 saturated heterocycles. The lowest BCUT2D eigenvalue weighted by Crippen LogP contribution is -2.40. The first kappa shape index (κ1) is 11.6. The van der Waals surface area contributed by atoms with Crippen molar-refractivity contribution >= 4 is 0 Å². The molecule has 0 aromatic carbocycles. The molecule has 80 valence electrons. The molecule has 1 aliphatic heterocycles. The van der Waals surface area contributed by atoms with Crippen LogP contribution in [-0.2, 0) is 0 Å². The van der Waals surface area contributed by atoms with Gasteiger partial charge < -0.3 is 5.32 Å². The first-order chi connectivity index (χ1) is 6.68. The van der Waals surface area contributed by atoms with Gasteiger partial charge in [0.25, 0.3) is 0 Å². The van der Waals surface area contributed by atoms with E-state index in [4.69, 9.17) is 0 Å². The van der Waals surface area contributed by atoms with Gasteiger partial charge in [-0.3, -0.25) is 0 Å². The van der Waals surface area contributed by atoms with Crippen molar-refractivity contribution in [3.63, 3.8) is 0 Å². The van der Waals surface area contributed by atoms with Crippen LogP contribution in [0.5, 0.6) is 0 Å². The Hall–Kier alpha value is -0.480. The molecule has 1 fully saturated rings. The molecule has 0 aromatic rings. The Balaban J connectivity index is 2.47. The van der Waals surface area contributed by atoms with E-state index in [1.165, 1.54) is 32.2 Å². The van der Waals surface area contributed by atoms with Crippen molar-refractivity contribution in [2.45, 2.75) is 58.4 Å². The lowest BCUT2D eigenvalue weighted by molar-refractivity contribution is 0.287. The quantitative estimate of drug-likeness (QED) is 0.677. The third-order valence-electron chi connectivity index (χ3n) is 3.04. The van der Waals surface area contributed by atoms with Gasteiger partial charge in [-0.05, 0) is 45.1 Å². The van der Waals surface area contributed by atoms with E-state index in [2.05, 4.69) is 31.0 Å². The van der Waals surface area contributed by atoms with Crippen molar-refractivity contribution in [1.29, 1.82) is 0 Å². The number of nitrogens with one attached hydrogen (secondary N) is 1. The largest absolute Gasteiger partial charge is 0.311 e. The highest BCUT2D eigenvalue weighted by molar-refractivity contribution is 5.01. The SMILES string of the molecule is CC#CCCC1(CC(C)C)CCCN1. The normalized spacial score (nSPS) is 26.3. The van der Waals surface area contributed by atoms with Gasteiger partial charge in [-0.1, -0.05) is 13.8 Å². The van der Waals surface area contributed by atoms with Crippen LogP contribution in [0.3, 0.4) is 0 Å². The average Bonchev–Trinajstić information content (AvgIpc) is 2.53. The van der Waals surface area contributed by atoms with Crippen LogP contribution in [0.4, 0.5) is 0 Å². The Kier molecular flexibility index (Phi) is 4.48. The van der Waals surface area contributed by atoms with Crippen LogP contribution in [0.1, 0.15) is 52.9 Å². The summed E-state index contributed by atoms with van der Waals surface area (Å²) >= 11 is 0. The molecule has 0 saturated carbocycles. The van der Waals surface area contributed by atoms with Crippen molar-refractivity contribution in [3.05, 3.63) is 0 Å². The second kappa shape index (κ2) is 5.41. The topological polar surface area (TPSA) is 12.0 Å². The summed E-state index contributed by atoms with van der Waals surface area (Å²) in [4.78, 5) is 0. The van der Waals surface area contributed by atoms with Gasteiger partial charge in [-0.2, -0.15) is 0 Å². The van der Waals surface area contributed by atoms with Crippen LogP contribution >= 0.6 is 0 Å². The smallest absolute Gasteiger partial charge is 0.0193 e.